The van der Waals surface area contributed by atoms with Crippen molar-refractivity contribution in [3.05, 3.63) is 29.8 Å². The van der Waals surface area contributed by atoms with Crippen molar-refractivity contribution in [3.63, 3.8) is 0 Å². The molecule has 1 heterocycles. The average Bonchev–Trinajstić information content (AvgIpc) is 2.45. The van der Waals surface area contributed by atoms with Crippen molar-refractivity contribution >= 4 is 21.7 Å². The number of carbonyl (C=O) groups excluding carboxylic acids is 1. The fourth-order valence-electron chi connectivity index (χ4n) is 2.28. The van der Waals surface area contributed by atoms with Crippen LogP contribution in [0.2, 0.25) is 0 Å². The van der Waals surface area contributed by atoms with Crippen molar-refractivity contribution in [3.8, 4) is 0 Å². The number of nitrogens with zero attached hydrogens (tertiary/aromatic N) is 1. The number of benzene rings is 1. The molecule has 22 heavy (non-hydrogen) atoms. The minimum atomic E-state index is -3.32. The summed E-state index contributed by atoms with van der Waals surface area (Å²) in [4.78, 5) is 25.0. The number of ether oxygens (including phenoxy) is 1. The number of carboxylic acids is 1. The van der Waals surface area contributed by atoms with Crippen LogP contribution in [-0.2, 0) is 19.4 Å². The number of hydrogen-bond acceptors (Lipinski definition) is 5. The molecule has 1 aliphatic heterocycles. The normalized spacial score (nSPS) is 22.4. The average molecular weight is 327 g/mol. The molecule has 1 aromatic rings. The Kier molecular flexibility index (Phi) is 4.52. The lowest BCUT2D eigenvalue weighted by atomic mass is 10.1. The van der Waals surface area contributed by atoms with Gasteiger partial charge in [-0.15, -0.1) is 0 Å². The van der Waals surface area contributed by atoms with Gasteiger partial charge >= 0.3 is 5.97 Å². The Hall–Kier alpha value is -1.93. The van der Waals surface area contributed by atoms with Gasteiger partial charge in [-0.05, 0) is 31.2 Å². The monoisotopic (exact) mass is 327 g/mol. The molecule has 1 N–H and O–H groups in total. The molecule has 0 aliphatic carbocycles. The summed E-state index contributed by atoms with van der Waals surface area (Å²) < 4.78 is 28.1. The van der Waals surface area contributed by atoms with Crippen molar-refractivity contribution in [2.45, 2.75) is 24.0 Å². The minimum absolute atomic E-state index is 0.0354. The molecule has 1 fully saturated rings. The molecule has 8 heteroatoms. The zero-order valence-corrected chi connectivity index (χ0v) is 13.0. The van der Waals surface area contributed by atoms with Gasteiger partial charge < -0.3 is 14.7 Å². The first kappa shape index (κ1) is 16.4. The minimum Gasteiger partial charge on any atom is -0.479 e. The Balaban J connectivity index is 2.18. The zero-order valence-electron chi connectivity index (χ0n) is 12.2. The highest BCUT2D eigenvalue weighted by Crippen LogP contribution is 2.16. The van der Waals surface area contributed by atoms with Crippen LogP contribution < -0.4 is 0 Å². The lowest BCUT2D eigenvalue weighted by molar-refractivity contribution is -0.160. The van der Waals surface area contributed by atoms with Gasteiger partial charge in [-0.1, -0.05) is 0 Å². The Morgan fingerprint density at radius 3 is 2.32 bits per heavy atom. The van der Waals surface area contributed by atoms with Gasteiger partial charge in [-0.2, -0.15) is 0 Å². The molecule has 1 aliphatic rings. The van der Waals surface area contributed by atoms with Gasteiger partial charge in [0.1, 0.15) is 0 Å². The van der Waals surface area contributed by atoms with E-state index < -0.39 is 21.9 Å². The molecule has 1 aromatic carbocycles. The van der Waals surface area contributed by atoms with Crippen LogP contribution in [0.15, 0.2) is 29.2 Å². The Labute approximate surface area is 128 Å². The molecular weight excluding hydrogens is 310 g/mol. The molecule has 0 bridgehead atoms. The van der Waals surface area contributed by atoms with Crippen LogP contribution in [0.1, 0.15) is 17.3 Å². The Morgan fingerprint density at radius 1 is 1.23 bits per heavy atom. The van der Waals surface area contributed by atoms with Crippen molar-refractivity contribution in [1.29, 1.82) is 0 Å². The number of morpholine rings is 1. The molecule has 2 rings (SSSR count). The van der Waals surface area contributed by atoms with Crippen molar-refractivity contribution in [1.82, 2.24) is 4.90 Å². The highest BCUT2D eigenvalue weighted by atomic mass is 32.2. The van der Waals surface area contributed by atoms with Crippen LogP contribution >= 0.6 is 0 Å². The first-order valence-corrected chi connectivity index (χ1v) is 8.55. The lowest BCUT2D eigenvalue weighted by Gasteiger charge is -2.35. The Morgan fingerprint density at radius 2 is 1.82 bits per heavy atom. The molecule has 2 atom stereocenters. The van der Waals surface area contributed by atoms with E-state index in [2.05, 4.69) is 0 Å². The molecule has 0 spiro atoms. The third kappa shape index (κ3) is 3.63. The smallest absolute Gasteiger partial charge is 0.334 e. The van der Waals surface area contributed by atoms with E-state index in [4.69, 9.17) is 9.84 Å². The summed E-state index contributed by atoms with van der Waals surface area (Å²) in [6, 6.07) is 5.57. The molecule has 0 radical (unpaired) electrons. The van der Waals surface area contributed by atoms with E-state index in [0.717, 1.165) is 6.26 Å². The number of aliphatic carboxylic acids is 1. The SMILES string of the molecule is C[C@@H]1CN(C(=O)c2ccc(S(C)(=O)=O)cc2)CC(C(=O)O)O1. The Bertz CT molecular complexity index is 682. The van der Waals surface area contributed by atoms with Crippen LogP contribution in [-0.4, -0.2) is 61.9 Å². The van der Waals surface area contributed by atoms with Gasteiger partial charge in [0.25, 0.3) is 5.91 Å². The molecule has 1 unspecified atom stereocenters. The fourth-order valence-corrected chi connectivity index (χ4v) is 2.91. The van der Waals surface area contributed by atoms with Gasteiger partial charge in [0.2, 0.25) is 0 Å². The van der Waals surface area contributed by atoms with E-state index in [1.807, 2.05) is 0 Å². The summed E-state index contributed by atoms with van der Waals surface area (Å²) in [5.41, 5.74) is 0.311. The predicted molar refractivity (Wildman–Crippen MR) is 77.4 cm³/mol. The van der Waals surface area contributed by atoms with Crippen molar-refractivity contribution in [2.75, 3.05) is 19.3 Å². The van der Waals surface area contributed by atoms with E-state index in [9.17, 15) is 18.0 Å². The standard InChI is InChI=1S/C14H17NO6S/c1-9-7-15(8-12(21-9)14(17)18)13(16)10-3-5-11(6-4-10)22(2,19)20/h3-6,9,12H,7-8H2,1-2H3,(H,17,18)/t9-,12?/m1/s1. The molecule has 7 nitrogen and oxygen atoms in total. The van der Waals surface area contributed by atoms with Gasteiger partial charge in [-0.25, -0.2) is 13.2 Å². The van der Waals surface area contributed by atoms with Crippen molar-refractivity contribution < 1.29 is 27.9 Å². The number of rotatable bonds is 3. The predicted octanol–water partition coefficient (Wildman–Crippen LogP) is 0.404. The van der Waals surface area contributed by atoms with E-state index in [1.54, 1.807) is 6.92 Å². The summed E-state index contributed by atoms with van der Waals surface area (Å²) in [5.74, 6) is -1.46. The topological polar surface area (TPSA) is 101 Å². The summed E-state index contributed by atoms with van der Waals surface area (Å²) in [6.45, 7) is 1.95. The second kappa shape index (κ2) is 6.05. The summed E-state index contributed by atoms with van der Waals surface area (Å²) in [7, 11) is -3.32. The number of hydrogen-bond donors (Lipinski definition) is 1. The molecule has 0 saturated carbocycles. The van der Waals surface area contributed by atoms with Gasteiger partial charge in [-0.3, -0.25) is 4.79 Å². The number of carbonyl (C=O) groups is 2. The highest BCUT2D eigenvalue weighted by molar-refractivity contribution is 7.90. The third-order valence-electron chi connectivity index (χ3n) is 3.35. The van der Waals surface area contributed by atoms with E-state index in [-0.39, 0.29) is 30.0 Å². The van der Waals surface area contributed by atoms with Crippen LogP contribution in [0.25, 0.3) is 0 Å². The van der Waals surface area contributed by atoms with Gasteiger partial charge in [0.15, 0.2) is 15.9 Å². The third-order valence-corrected chi connectivity index (χ3v) is 4.48. The molecular formula is C14H17NO6S. The van der Waals surface area contributed by atoms with Gasteiger partial charge in [0.05, 0.1) is 17.5 Å². The maximum absolute atomic E-state index is 12.4. The first-order valence-electron chi connectivity index (χ1n) is 6.66. The number of amides is 1. The van der Waals surface area contributed by atoms with Crippen LogP contribution in [0, 0.1) is 0 Å². The fraction of sp³-hybridized carbons (Fsp3) is 0.429. The van der Waals surface area contributed by atoms with E-state index in [1.165, 1.54) is 29.2 Å². The van der Waals surface area contributed by atoms with Crippen molar-refractivity contribution in [2.24, 2.45) is 0 Å². The molecule has 120 valence electrons. The molecule has 1 saturated heterocycles. The first-order chi connectivity index (χ1) is 10.2. The zero-order chi connectivity index (χ0) is 16.5. The largest absolute Gasteiger partial charge is 0.479 e. The maximum Gasteiger partial charge on any atom is 0.334 e. The van der Waals surface area contributed by atoms with Crippen LogP contribution in [0.3, 0.4) is 0 Å². The van der Waals surface area contributed by atoms with Gasteiger partial charge in [0, 0.05) is 18.4 Å². The quantitative estimate of drug-likeness (QED) is 0.862. The highest BCUT2D eigenvalue weighted by Gasteiger charge is 2.33. The van der Waals surface area contributed by atoms with E-state index >= 15 is 0 Å². The number of carboxylic acid groups (broad SMARTS) is 1. The summed E-state index contributed by atoms with van der Waals surface area (Å²) in [5, 5.41) is 9.02. The second-order valence-electron chi connectivity index (χ2n) is 5.28. The van der Waals surface area contributed by atoms with Crippen LogP contribution in [0.4, 0.5) is 0 Å². The van der Waals surface area contributed by atoms with Crippen LogP contribution in [0.5, 0.6) is 0 Å². The summed E-state index contributed by atoms with van der Waals surface area (Å²) >= 11 is 0. The maximum atomic E-state index is 12.4. The summed E-state index contributed by atoms with van der Waals surface area (Å²) in [6.07, 6.45) is -0.345. The number of sulfone groups is 1. The molecule has 0 aromatic heterocycles. The second-order valence-corrected chi connectivity index (χ2v) is 7.30. The van der Waals surface area contributed by atoms with E-state index in [0.29, 0.717) is 5.56 Å². The lowest BCUT2D eigenvalue weighted by Crippen LogP contribution is -2.51. The molecule has 1 amide bonds.